The van der Waals surface area contributed by atoms with Gasteiger partial charge in [0.1, 0.15) is 23.3 Å². The van der Waals surface area contributed by atoms with E-state index in [2.05, 4.69) is 69.9 Å². The van der Waals surface area contributed by atoms with E-state index >= 15 is 0 Å². The Bertz CT molecular complexity index is 2370. The second-order valence-corrected chi connectivity index (χ2v) is 18.1. The molecular weight excluding hydrogens is 747 g/mol. The molecule has 3 atom stereocenters. The Kier molecular flexibility index (Phi) is 10.1. The maximum atomic E-state index is 13.6. The van der Waals surface area contributed by atoms with Crippen LogP contribution in [0.25, 0.3) is 52.6 Å². The lowest BCUT2D eigenvalue weighted by atomic mass is 10.0. The SMILES string of the molecule is COC(=O)NC(C(=O)N1CCCC1c1nc(-c2ccc(-c3cc4sc(-c5ccc6nc(C7CCCN7C(=O)OC(C)(C)C)[nH]c6c5)cc4s3)cc2)c[nH]1)C(C)C. The van der Waals surface area contributed by atoms with Crippen molar-refractivity contribution in [1.29, 1.82) is 0 Å². The van der Waals surface area contributed by atoms with E-state index in [4.69, 9.17) is 19.4 Å². The lowest BCUT2D eigenvalue weighted by Gasteiger charge is -2.29. The topological polar surface area (TPSA) is 146 Å². The van der Waals surface area contributed by atoms with Gasteiger partial charge < -0.3 is 29.7 Å². The molecule has 2 saturated heterocycles. The maximum Gasteiger partial charge on any atom is 0.410 e. The van der Waals surface area contributed by atoms with Crippen molar-refractivity contribution in [2.45, 2.75) is 84.0 Å². The molecule has 6 aromatic rings. The predicted molar refractivity (Wildman–Crippen MR) is 221 cm³/mol. The van der Waals surface area contributed by atoms with E-state index < -0.39 is 17.7 Å². The van der Waals surface area contributed by atoms with E-state index in [0.29, 0.717) is 13.1 Å². The molecule has 14 heteroatoms. The Balaban J connectivity index is 0.948. The molecular formula is C42H47N7O5S2. The molecule has 8 rings (SSSR count). The molecule has 12 nitrogen and oxygen atoms in total. The third kappa shape index (κ3) is 7.51. The van der Waals surface area contributed by atoms with Crippen LogP contribution in [0.3, 0.4) is 0 Å². The molecule has 6 heterocycles. The van der Waals surface area contributed by atoms with Crippen LogP contribution < -0.4 is 5.32 Å². The summed E-state index contributed by atoms with van der Waals surface area (Å²) in [6, 6.07) is 18.3. The minimum Gasteiger partial charge on any atom is -0.453 e. The minimum absolute atomic E-state index is 0.0925. The van der Waals surface area contributed by atoms with Crippen LogP contribution in [-0.2, 0) is 14.3 Å². The van der Waals surface area contributed by atoms with Gasteiger partial charge in [-0.1, -0.05) is 44.2 Å². The zero-order valence-electron chi connectivity index (χ0n) is 32.5. The number of nitrogens with one attached hydrogen (secondary N) is 3. The highest BCUT2D eigenvalue weighted by Crippen LogP contribution is 2.43. The number of ether oxygens (including phenoxy) is 2. The minimum atomic E-state index is -0.674. The van der Waals surface area contributed by atoms with Gasteiger partial charge in [-0.2, -0.15) is 0 Å². The van der Waals surface area contributed by atoms with Crippen LogP contribution in [0.15, 0.2) is 60.8 Å². The lowest BCUT2D eigenvalue weighted by Crippen LogP contribution is -2.51. The molecule has 2 aliphatic rings. The number of likely N-dealkylation sites (tertiary alicyclic amines) is 2. The molecule has 0 aliphatic carbocycles. The second-order valence-electron chi connectivity index (χ2n) is 15.9. The number of hydrogen-bond donors (Lipinski definition) is 3. The van der Waals surface area contributed by atoms with Crippen molar-refractivity contribution in [3.05, 3.63) is 72.4 Å². The van der Waals surface area contributed by atoms with Crippen LogP contribution in [0.1, 0.15) is 84.0 Å². The number of alkyl carbamates (subject to hydrolysis) is 1. The molecule has 3 amide bonds. The monoisotopic (exact) mass is 793 g/mol. The smallest absolute Gasteiger partial charge is 0.410 e. The van der Waals surface area contributed by atoms with E-state index in [0.717, 1.165) is 70.7 Å². The van der Waals surface area contributed by atoms with Crippen molar-refractivity contribution in [3.63, 3.8) is 0 Å². The van der Waals surface area contributed by atoms with Crippen LogP contribution in [-0.4, -0.2) is 79.7 Å². The molecule has 0 radical (unpaired) electrons. The third-order valence-electron chi connectivity index (χ3n) is 10.5. The number of rotatable bonds is 8. The van der Waals surface area contributed by atoms with E-state index in [1.807, 2.05) is 45.7 Å². The number of nitrogens with zero attached hydrogens (tertiary/aromatic N) is 4. The van der Waals surface area contributed by atoms with Crippen molar-refractivity contribution in [2.75, 3.05) is 20.2 Å². The van der Waals surface area contributed by atoms with Gasteiger partial charge in [0.05, 0.1) is 35.9 Å². The fraction of sp³-hybridized carbons (Fsp3) is 0.405. The quantitative estimate of drug-likeness (QED) is 0.139. The predicted octanol–water partition coefficient (Wildman–Crippen LogP) is 9.68. The van der Waals surface area contributed by atoms with E-state index in [1.54, 1.807) is 27.6 Å². The zero-order valence-corrected chi connectivity index (χ0v) is 34.1. The zero-order chi connectivity index (χ0) is 39.3. The van der Waals surface area contributed by atoms with Crippen molar-refractivity contribution in [2.24, 2.45) is 5.92 Å². The number of carbonyl (C=O) groups excluding carboxylic acids is 3. The number of methoxy groups -OCH3 is 1. The molecule has 56 heavy (non-hydrogen) atoms. The van der Waals surface area contributed by atoms with Gasteiger partial charge in [-0.25, -0.2) is 19.6 Å². The first-order valence-electron chi connectivity index (χ1n) is 19.2. The Morgan fingerprint density at radius 3 is 2.12 bits per heavy atom. The first-order valence-corrected chi connectivity index (χ1v) is 20.8. The molecule has 0 spiro atoms. The van der Waals surface area contributed by atoms with Crippen LogP contribution in [0.2, 0.25) is 0 Å². The van der Waals surface area contributed by atoms with Gasteiger partial charge in [0.25, 0.3) is 0 Å². The van der Waals surface area contributed by atoms with E-state index in [1.165, 1.54) is 26.3 Å². The summed E-state index contributed by atoms with van der Waals surface area (Å²) in [6.45, 7) is 10.8. The summed E-state index contributed by atoms with van der Waals surface area (Å²) in [4.78, 5) is 61.1. The Morgan fingerprint density at radius 2 is 1.46 bits per heavy atom. The van der Waals surface area contributed by atoms with Crippen molar-refractivity contribution < 1.29 is 23.9 Å². The number of carbonyl (C=O) groups is 3. The molecule has 3 unspecified atom stereocenters. The summed E-state index contributed by atoms with van der Waals surface area (Å²) in [6.07, 6.45) is 4.42. The summed E-state index contributed by atoms with van der Waals surface area (Å²) in [5.74, 6) is 1.33. The van der Waals surface area contributed by atoms with Gasteiger partial charge >= 0.3 is 12.2 Å². The highest BCUT2D eigenvalue weighted by molar-refractivity contribution is 7.31. The fourth-order valence-corrected chi connectivity index (χ4v) is 10.1. The Hall–Kier alpha value is -5.21. The van der Waals surface area contributed by atoms with Crippen LogP contribution >= 0.6 is 22.7 Å². The molecule has 2 fully saturated rings. The van der Waals surface area contributed by atoms with Crippen molar-refractivity contribution in [3.8, 4) is 32.1 Å². The molecule has 292 valence electrons. The van der Waals surface area contributed by atoms with Crippen LogP contribution in [0.4, 0.5) is 9.59 Å². The normalized spacial score (nSPS) is 18.0. The number of aromatic amines is 2. The summed E-state index contributed by atoms with van der Waals surface area (Å²) in [5.41, 5.74) is 5.37. The van der Waals surface area contributed by atoms with Gasteiger partial charge in [-0.15, -0.1) is 22.7 Å². The molecule has 4 aromatic heterocycles. The summed E-state index contributed by atoms with van der Waals surface area (Å²) >= 11 is 3.56. The number of fused-ring (bicyclic) bond motifs is 2. The number of H-pyrrole nitrogens is 2. The first kappa shape index (κ1) is 37.7. The number of aromatic nitrogens is 4. The van der Waals surface area contributed by atoms with Crippen LogP contribution in [0, 0.1) is 5.92 Å². The summed E-state index contributed by atoms with van der Waals surface area (Å²) in [5, 5.41) is 2.71. The van der Waals surface area contributed by atoms with Crippen molar-refractivity contribution >= 4 is 61.2 Å². The summed E-state index contributed by atoms with van der Waals surface area (Å²) in [7, 11) is 1.30. The number of hydrogen-bond acceptors (Lipinski definition) is 9. The third-order valence-corrected chi connectivity index (χ3v) is 12.9. The highest BCUT2D eigenvalue weighted by Gasteiger charge is 2.38. The average molecular weight is 794 g/mol. The molecule has 0 saturated carbocycles. The molecule has 2 aliphatic heterocycles. The number of imidazole rings is 2. The Morgan fingerprint density at radius 1 is 0.839 bits per heavy atom. The number of amides is 3. The van der Waals surface area contributed by atoms with Crippen LogP contribution in [0.5, 0.6) is 0 Å². The van der Waals surface area contributed by atoms with Gasteiger partial charge in [0.15, 0.2) is 0 Å². The van der Waals surface area contributed by atoms with Gasteiger partial charge in [0.2, 0.25) is 5.91 Å². The highest BCUT2D eigenvalue weighted by atomic mass is 32.1. The van der Waals surface area contributed by atoms with E-state index in [-0.39, 0.29) is 30.0 Å². The Labute approximate surface area is 333 Å². The maximum absolute atomic E-state index is 13.6. The van der Waals surface area contributed by atoms with Gasteiger partial charge in [-0.05, 0) is 87.8 Å². The average Bonchev–Trinajstić information content (AvgIpc) is 4.01. The van der Waals surface area contributed by atoms with Gasteiger partial charge in [-0.3, -0.25) is 9.69 Å². The molecule has 0 bridgehead atoms. The lowest BCUT2D eigenvalue weighted by molar-refractivity contribution is -0.135. The molecule has 2 aromatic carbocycles. The first-order chi connectivity index (χ1) is 26.8. The fourth-order valence-electron chi connectivity index (χ4n) is 7.70. The van der Waals surface area contributed by atoms with Gasteiger partial charge in [0, 0.05) is 44.0 Å². The van der Waals surface area contributed by atoms with E-state index in [9.17, 15) is 14.4 Å². The second kappa shape index (κ2) is 15.0. The number of benzene rings is 2. The standard InChI is InChI=1S/C42H47N7O5S2/c1-23(2)36(47-40(51)53-6)39(50)48-17-7-9-30(48)37-43-22-29(46-37)24-11-13-25(14-12-24)32-20-34-35(55-32)21-33(56-34)26-15-16-27-28(19-26)45-38(44-27)31-10-8-18-49(31)41(52)54-42(3,4)5/h11-16,19-23,30-31,36H,7-10,17-18H2,1-6H3,(H,43,46)(H,44,45)(H,47,51). The number of thiophene rings is 2. The molecule has 3 N–H and O–H groups in total. The summed E-state index contributed by atoms with van der Waals surface area (Å²) < 4.78 is 12.9. The largest absolute Gasteiger partial charge is 0.453 e. The van der Waals surface area contributed by atoms with Crippen molar-refractivity contribution in [1.82, 2.24) is 35.1 Å².